The van der Waals surface area contributed by atoms with Crippen LogP contribution in [0.15, 0.2) is 65.1 Å². The van der Waals surface area contributed by atoms with Crippen LogP contribution in [0, 0.1) is 5.82 Å². The van der Waals surface area contributed by atoms with Crippen LogP contribution in [0.3, 0.4) is 0 Å². The monoisotopic (exact) mass is 497 g/mol. The van der Waals surface area contributed by atoms with E-state index in [0.29, 0.717) is 27.8 Å². The molecule has 2 amide bonds. The summed E-state index contributed by atoms with van der Waals surface area (Å²) in [5.41, 5.74) is 1.17. The van der Waals surface area contributed by atoms with E-state index < -0.39 is 11.7 Å². The first kappa shape index (κ1) is 23.5. The lowest BCUT2D eigenvalue weighted by Crippen LogP contribution is -2.16. The molecule has 0 atom stereocenters. The van der Waals surface area contributed by atoms with Gasteiger partial charge in [-0.05, 0) is 53.9 Å². The first-order valence-electron chi connectivity index (χ1n) is 10.1. The van der Waals surface area contributed by atoms with Crippen molar-refractivity contribution in [1.82, 2.24) is 14.8 Å². The summed E-state index contributed by atoms with van der Waals surface area (Å²) in [4.78, 5) is 26.0. The Labute approximate surface area is 203 Å². The number of halogens is 1. The van der Waals surface area contributed by atoms with E-state index in [1.807, 2.05) is 29.1 Å². The van der Waals surface area contributed by atoms with Crippen LogP contribution in [0.2, 0.25) is 0 Å². The number of methoxy groups -OCH3 is 1. The Morgan fingerprint density at radius 3 is 2.62 bits per heavy atom. The topological polar surface area (TPSA) is 98.1 Å². The van der Waals surface area contributed by atoms with E-state index in [9.17, 15) is 14.0 Å². The van der Waals surface area contributed by atoms with Gasteiger partial charge < -0.3 is 19.9 Å². The molecular weight excluding hydrogens is 477 g/mol. The molecule has 174 valence electrons. The molecule has 0 aliphatic heterocycles. The molecule has 2 heterocycles. The smallest absolute Gasteiger partial charge is 0.255 e. The Morgan fingerprint density at radius 2 is 1.91 bits per heavy atom. The highest BCUT2D eigenvalue weighted by Crippen LogP contribution is 2.29. The molecule has 0 aliphatic rings. The zero-order valence-corrected chi connectivity index (χ0v) is 19.9. The van der Waals surface area contributed by atoms with Gasteiger partial charge >= 0.3 is 0 Å². The predicted molar refractivity (Wildman–Crippen MR) is 131 cm³/mol. The summed E-state index contributed by atoms with van der Waals surface area (Å²) in [6.07, 6.45) is 0. The van der Waals surface area contributed by atoms with Crippen LogP contribution >= 0.6 is 23.1 Å². The number of hydrogen-bond donors (Lipinski definition) is 2. The molecule has 0 aliphatic carbocycles. The van der Waals surface area contributed by atoms with Crippen LogP contribution < -0.4 is 15.4 Å². The third kappa shape index (κ3) is 5.43. The second-order valence-corrected chi connectivity index (χ2v) is 8.95. The molecule has 11 heteroatoms. The number of carbonyl (C=O) groups is 2. The van der Waals surface area contributed by atoms with Gasteiger partial charge in [-0.15, -0.1) is 21.5 Å². The summed E-state index contributed by atoms with van der Waals surface area (Å²) in [7, 11) is 3.34. The number of benzene rings is 2. The van der Waals surface area contributed by atoms with E-state index in [4.69, 9.17) is 4.74 Å². The predicted octanol–water partition coefficient (Wildman–Crippen LogP) is 4.67. The van der Waals surface area contributed by atoms with Gasteiger partial charge in [-0.3, -0.25) is 9.59 Å². The molecule has 0 unspecified atom stereocenters. The Morgan fingerprint density at radius 1 is 1.12 bits per heavy atom. The fraction of sp³-hybridized carbons (Fsp3) is 0.130. The van der Waals surface area contributed by atoms with Crippen molar-refractivity contribution in [3.05, 3.63) is 71.4 Å². The van der Waals surface area contributed by atoms with E-state index in [0.717, 1.165) is 10.7 Å². The molecule has 2 N–H and O–H groups in total. The second kappa shape index (κ2) is 10.5. The molecule has 2 aromatic carbocycles. The molecule has 0 fully saturated rings. The molecule has 0 radical (unpaired) electrons. The average molecular weight is 498 g/mol. The Balaban J connectivity index is 1.41. The number of rotatable bonds is 8. The van der Waals surface area contributed by atoms with Crippen molar-refractivity contribution in [2.75, 3.05) is 23.5 Å². The fourth-order valence-corrected chi connectivity index (χ4v) is 4.52. The minimum absolute atomic E-state index is 0.103. The van der Waals surface area contributed by atoms with Crippen LogP contribution in [0.25, 0.3) is 10.7 Å². The van der Waals surface area contributed by atoms with Crippen molar-refractivity contribution in [2.45, 2.75) is 5.16 Å². The van der Waals surface area contributed by atoms with Gasteiger partial charge in [0.15, 0.2) is 11.0 Å². The molecule has 4 aromatic rings. The van der Waals surface area contributed by atoms with Crippen LogP contribution in [0.4, 0.5) is 15.8 Å². The Kier molecular flexibility index (Phi) is 7.24. The van der Waals surface area contributed by atoms with Gasteiger partial charge in [-0.1, -0.05) is 17.8 Å². The normalized spacial score (nSPS) is 10.7. The first-order chi connectivity index (χ1) is 16.4. The number of nitrogens with zero attached hydrogens (tertiary/aromatic N) is 3. The van der Waals surface area contributed by atoms with Crippen molar-refractivity contribution >= 4 is 46.3 Å². The highest BCUT2D eigenvalue weighted by Gasteiger charge is 2.15. The zero-order valence-electron chi connectivity index (χ0n) is 18.2. The van der Waals surface area contributed by atoms with E-state index in [1.165, 1.54) is 43.1 Å². The number of thioether (sulfide) groups is 1. The van der Waals surface area contributed by atoms with Crippen molar-refractivity contribution in [2.24, 2.45) is 7.05 Å². The number of ether oxygens (including phenoxy) is 1. The fourth-order valence-electron chi connectivity index (χ4n) is 3.07. The lowest BCUT2D eigenvalue weighted by atomic mass is 10.2. The van der Waals surface area contributed by atoms with Crippen LogP contribution in [0.1, 0.15) is 10.4 Å². The van der Waals surface area contributed by atoms with Gasteiger partial charge in [0.2, 0.25) is 5.91 Å². The van der Waals surface area contributed by atoms with Crippen molar-refractivity contribution in [3.8, 4) is 16.5 Å². The molecular formula is C23H20FN5O3S2. The van der Waals surface area contributed by atoms with Crippen LogP contribution in [0.5, 0.6) is 5.75 Å². The largest absolute Gasteiger partial charge is 0.495 e. The van der Waals surface area contributed by atoms with Crippen molar-refractivity contribution < 1.29 is 18.7 Å². The number of nitrogens with one attached hydrogen (secondary N) is 2. The van der Waals surface area contributed by atoms with E-state index in [1.54, 1.807) is 29.5 Å². The van der Waals surface area contributed by atoms with Gasteiger partial charge in [0.25, 0.3) is 5.91 Å². The number of amides is 2. The molecule has 0 spiro atoms. The standard InChI is InChI=1S/C23H20FN5O3S2/c1-29-21(19-4-3-11-33-19)27-28-23(29)34-13-20(30)26-17-12-16(9-10-18(17)32-2)25-22(31)14-5-7-15(24)8-6-14/h3-12H,13H2,1-2H3,(H,25,31)(H,26,30). The third-order valence-corrected chi connectivity index (χ3v) is 6.63. The number of anilines is 2. The minimum Gasteiger partial charge on any atom is -0.495 e. The summed E-state index contributed by atoms with van der Waals surface area (Å²) < 4.78 is 20.3. The number of aromatic nitrogens is 3. The van der Waals surface area contributed by atoms with Gasteiger partial charge in [-0.2, -0.15) is 0 Å². The summed E-state index contributed by atoms with van der Waals surface area (Å²) in [6, 6.07) is 14.0. The van der Waals surface area contributed by atoms with E-state index in [2.05, 4.69) is 20.8 Å². The molecule has 34 heavy (non-hydrogen) atoms. The molecule has 0 saturated carbocycles. The summed E-state index contributed by atoms with van der Waals surface area (Å²) in [5, 5.41) is 16.5. The highest BCUT2D eigenvalue weighted by molar-refractivity contribution is 7.99. The summed E-state index contributed by atoms with van der Waals surface area (Å²) in [6.45, 7) is 0. The number of thiophene rings is 1. The average Bonchev–Trinajstić information content (AvgIpc) is 3.48. The van der Waals surface area contributed by atoms with Gasteiger partial charge in [0.05, 0.1) is 23.4 Å². The first-order valence-corrected chi connectivity index (χ1v) is 11.9. The van der Waals surface area contributed by atoms with E-state index >= 15 is 0 Å². The number of carbonyl (C=O) groups excluding carboxylic acids is 2. The summed E-state index contributed by atoms with van der Waals surface area (Å²) in [5.74, 6) is 0.188. The quantitative estimate of drug-likeness (QED) is 0.343. The number of hydrogen-bond acceptors (Lipinski definition) is 7. The zero-order chi connectivity index (χ0) is 24.1. The Bertz CT molecular complexity index is 1310. The Hall–Kier alpha value is -3.70. The SMILES string of the molecule is COc1ccc(NC(=O)c2ccc(F)cc2)cc1NC(=O)CSc1nnc(-c2cccs2)n1C. The summed E-state index contributed by atoms with van der Waals surface area (Å²) >= 11 is 2.83. The molecule has 8 nitrogen and oxygen atoms in total. The third-order valence-electron chi connectivity index (χ3n) is 4.75. The van der Waals surface area contributed by atoms with Crippen LogP contribution in [-0.2, 0) is 11.8 Å². The minimum atomic E-state index is -0.423. The van der Waals surface area contributed by atoms with Gasteiger partial charge in [-0.25, -0.2) is 4.39 Å². The highest BCUT2D eigenvalue weighted by atomic mass is 32.2. The van der Waals surface area contributed by atoms with Crippen LogP contribution in [-0.4, -0.2) is 39.4 Å². The van der Waals surface area contributed by atoms with Crippen molar-refractivity contribution in [3.63, 3.8) is 0 Å². The molecule has 2 aromatic heterocycles. The lowest BCUT2D eigenvalue weighted by molar-refractivity contribution is -0.113. The maximum absolute atomic E-state index is 13.1. The maximum Gasteiger partial charge on any atom is 0.255 e. The van der Waals surface area contributed by atoms with E-state index in [-0.39, 0.29) is 11.7 Å². The van der Waals surface area contributed by atoms with Gasteiger partial charge in [0.1, 0.15) is 11.6 Å². The molecule has 0 bridgehead atoms. The molecule has 4 rings (SSSR count). The van der Waals surface area contributed by atoms with Gasteiger partial charge in [0, 0.05) is 18.3 Å². The molecule has 0 saturated heterocycles. The second-order valence-electron chi connectivity index (χ2n) is 7.06. The lowest BCUT2D eigenvalue weighted by Gasteiger charge is -2.13. The maximum atomic E-state index is 13.1. The van der Waals surface area contributed by atoms with Crippen molar-refractivity contribution in [1.29, 1.82) is 0 Å².